The second-order valence-corrected chi connectivity index (χ2v) is 7.35. The van der Waals surface area contributed by atoms with Gasteiger partial charge in [0.05, 0.1) is 0 Å². The van der Waals surface area contributed by atoms with Crippen molar-refractivity contribution in [2.24, 2.45) is 36.6 Å². The molecule has 0 aliphatic heterocycles. The van der Waals surface area contributed by atoms with E-state index in [1.165, 1.54) is 32.1 Å². The predicted octanol–water partition coefficient (Wildman–Crippen LogP) is 2.98. The number of nitrogens with zero attached hydrogens (tertiary/aromatic N) is 1. The Hall–Kier alpha value is -1.58. The van der Waals surface area contributed by atoms with Gasteiger partial charge in [-0.2, -0.15) is 0 Å². The van der Waals surface area contributed by atoms with Crippen LogP contribution in [0.2, 0.25) is 0 Å². The molecule has 1 aromatic heterocycles. The highest BCUT2D eigenvalue weighted by molar-refractivity contribution is 6.00. The first kappa shape index (κ1) is 13.1. The zero-order valence-corrected chi connectivity index (χ0v) is 12.3. The van der Waals surface area contributed by atoms with E-state index in [1.807, 2.05) is 0 Å². The van der Waals surface area contributed by atoms with Crippen molar-refractivity contribution in [3.8, 4) is 0 Å². The highest BCUT2D eigenvalue weighted by atomic mass is 16.4. The number of carboxylic acids is 1. The lowest BCUT2D eigenvalue weighted by molar-refractivity contribution is -0.0251. The Balaban J connectivity index is 1.63. The lowest BCUT2D eigenvalue weighted by Gasteiger charge is -2.53. The summed E-state index contributed by atoms with van der Waals surface area (Å²) in [5.41, 5.74) is 0.787. The summed E-state index contributed by atoms with van der Waals surface area (Å²) in [5, 5.41) is 9.14. The van der Waals surface area contributed by atoms with Crippen LogP contribution in [0.3, 0.4) is 0 Å². The standard InChI is InChI=1S/C17H21NO3/c1-18-8-13(7-14(18)17(20)21)16(19)15-11-3-9-2-10(5-11)6-12(15)4-9/h7-12,15H,2-6H2,1H3,(H,20,21). The van der Waals surface area contributed by atoms with Crippen molar-refractivity contribution in [2.75, 3.05) is 0 Å². The number of hydrogen-bond acceptors (Lipinski definition) is 2. The maximum atomic E-state index is 12.9. The van der Waals surface area contributed by atoms with Crippen LogP contribution < -0.4 is 0 Å². The summed E-state index contributed by atoms with van der Waals surface area (Å²) >= 11 is 0. The first-order valence-corrected chi connectivity index (χ1v) is 7.96. The van der Waals surface area contributed by atoms with Crippen molar-refractivity contribution in [3.63, 3.8) is 0 Å². The van der Waals surface area contributed by atoms with Crippen molar-refractivity contribution in [3.05, 3.63) is 23.5 Å². The summed E-state index contributed by atoms with van der Waals surface area (Å²) < 4.78 is 1.55. The highest BCUT2D eigenvalue weighted by Crippen LogP contribution is 2.57. The SMILES string of the molecule is Cn1cc(C(=O)C2C3CC4CC(C3)CC2C4)cc1C(=O)O. The number of Topliss-reactive ketones (excluding diaryl/α,β-unsaturated/α-hetero) is 1. The number of carbonyl (C=O) groups is 2. The summed E-state index contributed by atoms with van der Waals surface area (Å²) in [5.74, 6) is 2.14. The third kappa shape index (κ3) is 1.95. The number of aromatic carboxylic acids is 1. The minimum Gasteiger partial charge on any atom is -0.477 e. The Labute approximate surface area is 124 Å². The number of hydrogen-bond donors (Lipinski definition) is 1. The van der Waals surface area contributed by atoms with Crippen molar-refractivity contribution in [1.82, 2.24) is 4.57 Å². The molecule has 4 aliphatic carbocycles. The molecule has 5 rings (SSSR count). The molecule has 0 saturated heterocycles. The van der Waals surface area contributed by atoms with E-state index >= 15 is 0 Å². The molecule has 0 atom stereocenters. The van der Waals surface area contributed by atoms with Gasteiger partial charge in [-0.05, 0) is 61.8 Å². The molecule has 4 aliphatic rings. The molecule has 1 N–H and O–H groups in total. The van der Waals surface area contributed by atoms with E-state index in [4.69, 9.17) is 5.11 Å². The number of carboxylic acid groups (broad SMARTS) is 1. The molecule has 0 unspecified atom stereocenters. The second kappa shape index (κ2) is 4.46. The van der Waals surface area contributed by atoms with Gasteiger partial charge in [0.1, 0.15) is 5.69 Å². The largest absolute Gasteiger partial charge is 0.477 e. The van der Waals surface area contributed by atoms with Crippen LogP contribution in [-0.4, -0.2) is 21.4 Å². The van der Waals surface area contributed by atoms with Crippen molar-refractivity contribution in [1.29, 1.82) is 0 Å². The zero-order valence-electron chi connectivity index (χ0n) is 12.3. The maximum absolute atomic E-state index is 12.9. The van der Waals surface area contributed by atoms with Crippen LogP contribution in [0.15, 0.2) is 12.3 Å². The molecule has 4 bridgehead atoms. The van der Waals surface area contributed by atoms with Crippen molar-refractivity contribution < 1.29 is 14.7 Å². The van der Waals surface area contributed by atoms with Gasteiger partial charge in [-0.15, -0.1) is 0 Å². The first-order valence-electron chi connectivity index (χ1n) is 7.96. The summed E-state index contributed by atoms with van der Waals surface area (Å²) in [4.78, 5) is 24.1. The third-order valence-electron chi connectivity index (χ3n) is 6.04. The summed E-state index contributed by atoms with van der Waals surface area (Å²) in [7, 11) is 1.69. The molecule has 4 nitrogen and oxygen atoms in total. The molecular weight excluding hydrogens is 266 g/mol. The van der Waals surface area contributed by atoms with E-state index in [2.05, 4.69) is 0 Å². The Morgan fingerprint density at radius 2 is 1.67 bits per heavy atom. The van der Waals surface area contributed by atoms with Gasteiger partial charge in [-0.3, -0.25) is 4.79 Å². The fourth-order valence-corrected chi connectivity index (χ4v) is 5.46. The van der Waals surface area contributed by atoms with Gasteiger partial charge < -0.3 is 9.67 Å². The molecule has 0 aromatic carbocycles. The molecule has 0 radical (unpaired) electrons. The van der Waals surface area contributed by atoms with Gasteiger partial charge in [0, 0.05) is 24.7 Å². The summed E-state index contributed by atoms with van der Waals surface area (Å²) in [6.45, 7) is 0. The van der Waals surface area contributed by atoms with Crippen molar-refractivity contribution >= 4 is 11.8 Å². The van der Waals surface area contributed by atoms with E-state index < -0.39 is 5.97 Å². The molecule has 0 amide bonds. The predicted molar refractivity (Wildman–Crippen MR) is 77.2 cm³/mol. The van der Waals surface area contributed by atoms with Crippen molar-refractivity contribution in [2.45, 2.75) is 32.1 Å². The van der Waals surface area contributed by atoms with E-state index in [1.54, 1.807) is 23.9 Å². The van der Waals surface area contributed by atoms with Gasteiger partial charge in [0.15, 0.2) is 5.78 Å². The lowest BCUT2D eigenvalue weighted by Crippen LogP contribution is -2.47. The molecule has 21 heavy (non-hydrogen) atoms. The Kier molecular flexibility index (Phi) is 2.78. The van der Waals surface area contributed by atoms with Gasteiger partial charge in [0.2, 0.25) is 0 Å². The molecule has 1 aromatic rings. The topological polar surface area (TPSA) is 59.3 Å². The van der Waals surface area contributed by atoms with Crippen LogP contribution >= 0.6 is 0 Å². The third-order valence-corrected chi connectivity index (χ3v) is 6.04. The Morgan fingerprint density at radius 3 is 2.14 bits per heavy atom. The fraction of sp³-hybridized carbons (Fsp3) is 0.647. The van der Waals surface area contributed by atoms with Gasteiger partial charge >= 0.3 is 5.97 Å². The summed E-state index contributed by atoms with van der Waals surface area (Å²) in [6.07, 6.45) is 7.91. The lowest BCUT2D eigenvalue weighted by atomic mass is 9.51. The van der Waals surface area contributed by atoms with E-state index in [0.717, 1.165) is 11.8 Å². The average molecular weight is 287 g/mol. The molecule has 0 spiro atoms. The quantitative estimate of drug-likeness (QED) is 0.869. The van der Waals surface area contributed by atoms with Crippen LogP contribution in [0.5, 0.6) is 0 Å². The average Bonchev–Trinajstić information content (AvgIpc) is 2.79. The minimum absolute atomic E-state index is 0.141. The molecule has 1 heterocycles. The van der Waals surface area contributed by atoms with Crippen LogP contribution in [0, 0.1) is 29.6 Å². The van der Waals surface area contributed by atoms with Crippen LogP contribution in [-0.2, 0) is 7.05 Å². The monoisotopic (exact) mass is 287 g/mol. The second-order valence-electron chi connectivity index (χ2n) is 7.35. The Bertz CT molecular complexity index is 588. The van der Waals surface area contributed by atoms with E-state index in [-0.39, 0.29) is 17.4 Å². The summed E-state index contributed by atoms with van der Waals surface area (Å²) in [6, 6.07) is 1.55. The van der Waals surface area contributed by atoms with Gasteiger partial charge in [-0.25, -0.2) is 4.79 Å². The van der Waals surface area contributed by atoms with E-state index in [9.17, 15) is 9.59 Å². The maximum Gasteiger partial charge on any atom is 0.352 e. The molecular formula is C17H21NO3. The van der Waals surface area contributed by atoms with Gasteiger partial charge in [-0.1, -0.05) is 0 Å². The highest BCUT2D eigenvalue weighted by Gasteiger charge is 2.50. The molecule has 4 saturated carbocycles. The molecule has 4 fully saturated rings. The van der Waals surface area contributed by atoms with Crippen LogP contribution in [0.25, 0.3) is 0 Å². The number of aryl methyl sites for hydroxylation is 1. The van der Waals surface area contributed by atoms with Crippen LogP contribution in [0.1, 0.15) is 53.0 Å². The normalized spacial score (nSPS) is 36.9. The van der Waals surface area contributed by atoms with Crippen LogP contribution in [0.4, 0.5) is 0 Å². The first-order chi connectivity index (χ1) is 10.0. The molecule has 112 valence electrons. The number of aromatic nitrogens is 1. The van der Waals surface area contributed by atoms with E-state index in [0.29, 0.717) is 17.4 Å². The number of rotatable bonds is 3. The molecule has 4 heteroatoms. The van der Waals surface area contributed by atoms with Gasteiger partial charge in [0.25, 0.3) is 0 Å². The Morgan fingerprint density at radius 1 is 1.10 bits per heavy atom. The number of ketones is 1. The number of carbonyl (C=O) groups excluding carboxylic acids is 1. The fourth-order valence-electron chi connectivity index (χ4n) is 5.46. The smallest absolute Gasteiger partial charge is 0.352 e. The minimum atomic E-state index is -0.971. The zero-order chi connectivity index (χ0) is 14.7.